The van der Waals surface area contributed by atoms with Crippen molar-refractivity contribution < 1.29 is 22.7 Å². The minimum Gasteiger partial charge on any atom is -0.463 e. The van der Waals surface area contributed by atoms with Gasteiger partial charge in [-0.05, 0) is 38.0 Å². The number of carbonyl (C=O) groups excluding carboxylic acids is 1. The molecule has 0 radical (unpaired) electrons. The predicted octanol–water partition coefficient (Wildman–Crippen LogP) is 4.91. The molecule has 0 N–H and O–H groups in total. The Morgan fingerprint density at radius 3 is 2.64 bits per heavy atom. The third-order valence-electron chi connectivity index (χ3n) is 4.76. The maximum atomic E-state index is 12.8. The molecule has 1 fully saturated rings. The fraction of sp³-hybridized carbons (Fsp3) is 0.450. The number of hydrogen-bond donors (Lipinski definition) is 0. The lowest BCUT2D eigenvalue weighted by Gasteiger charge is -2.20. The average Bonchev–Trinajstić information content (AvgIpc) is 3.11. The summed E-state index contributed by atoms with van der Waals surface area (Å²) in [4.78, 5) is 15.6. The van der Waals surface area contributed by atoms with Crippen molar-refractivity contribution >= 4 is 12.0 Å². The zero-order chi connectivity index (χ0) is 20.1. The van der Waals surface area contributed by atoms with Crippen LogP contribution >= 0.6 is 0 Å². The van der Waals surface area contributed by atoms with Gasteiger partial charge in [0.05, 0.1) is 17.9 Å². The van der Waals surface area contributed by atoms with E-state index < -0.39 is 17.7 Å². The summed E-state index contributed by atoms with van der Waals surface area (Å²) >= 11 is 0. The number of alkyl halides is 3. The number of ether oxygens (including phenoxy) is 1. The quantitative estimate of drug-likeness (QED) is 0.535. The van der Waals surface area contributed by atoms with E-state index in [9.17, 15) is 18.0 Å². The Morgan fingerprint density at radius 2 is 2.04 bits per heavy atom. The topological polar surface area (TPSA) is 57.0 Å². The zero-order valence-electron chi connectivity index (χ0n) is 15.6. The third-order valence-corrected chi connectivity index (χ3v) is 4.76. The lowest BCUT2D eigenvalue weighted by Crippen LogP contribution is -2.08. The number of hydrogen-bond acceptors (Lipinski definition) is 4. The van der Waals surface area contributed by atoms with Crippen LogP contribution in [0.15, 0.2) is 30.6 Å². The van der Waals surface area contributed by atoms with Crippen LogP contribution in [0.3, 0.4) is 0 Å². The highest BCUT2D eigenvalue weighted by atomic mass is 19.4. The van der Waals surface area contributed by atoms with Crippen LogP contribution in [-0.2, 0) is 15.7 Å². The normalized spacial score (nSPS) is 15.9. The third kappa shape index (κ3) is 4.79. The molecule has 0 spiro atoms. The van der Waals surface area contributed by atoms with Crippen LogP contribution in [0.4, 0.5) is 13.2 Å². The van der Waals surface area contributed by atoms with E-state index in [-0.39, 0.29) is 12.5 Å². The molecule has 0 atom stereocenters. The summed E-state index contributed by atoms with van der Waals surface area (Å²) in [6, 6.07) is 2.28. The van der Waals surface area contributed by atoms with E-state index in [1.807, 2.05) is 0 Å². The first kappa shape index (κ1) is 20.1. The number of esters is 1. The van der Waals surface area contributed by atoms with Gasteiger partial charge >= 0.3 is 12.1 Å². The van der Waals surface area contributed by atoms with Gasteiger partial charge in [-0.3, -0.25) is 0 Å². The van der Waals surface area contributed by atoms with Gasteiger partial charge in [0.15, 0.2) is 5.82 Å². The fourth-order valence-electron chi connectivity index (χ4n) is 3.38. The summed E-state index contributed by atoms with van der Waals surface area (Å²) in [5, 5.41) is 4.59. The van der Waals surface area contributed by atoms with Gasteiger partial charge in [0, 0.05) is 30.0 Å². The van der Waals surface area contributed by atoms with E-state index in [4.69, 9.17) is 4.74 Å². The molecule has 5 nitrogen and oxygen atoms in total. The highest BCUT2D eigenvalue weighted by molar-refractivity contribution is 5.87. The van der Waals surface area contributed by atoms with Crippen molar-refractivity contribution in [3.63, 3.8) is 0 Å². The van der Waals surface area contributed by atoms with Gasteiger partial charge in [-0.25, -0.2) is 14.5 Å². The molecule has 2 aromatic heterocycles. The molecule has 1 aliphatic carbocycles. The fourth-order valence-corrected chi connectivity index (χ4v) is 3.38. The van der Waals surface area contributed by atoms with Gasteiger partial charge in [-0.1, -0.05) is 19.3 Å². The average molecular weight is 393 g/mol. The molecule has 0 aromatic carbocycles. The molecule has 28 heavy (non-hydrogen) atoms. The van der Waals surface area contributed by atoms with E-state index in [2.05, 4.69) is 10.1 Å². The number of aromatic nitrogens is 3. The standard InChI is InChI=1S/C20H22F3N3O2/c1-2-28-18(27)11-8-15-13-26(25-19(15)14-6-4-3-5-7-14)17-10-9-16(12-24-17)20(21,22)23/h8-14H,2-7H2,1H3/b11-8+. The molecule has 2 heterocycles. The number of halogens is 3. The molecule has 0 unspecified atom stereocenters. The highest BCUT2D eigenvalue weighted by Gasteiger charge is 2.31. The Hall–Kier alpha value is -2.64. The second-order valence-electron chi connectivity index (χ2n) is 6.74. The van der Waals surface area contributed by atoms with Crippen molar-refractivity contribution in [3.05, 3.63) is 47.4 Å². The molecule has 0 saturated heterocycles. The van der Waals surface area contributed by atoms with Crippen molar-refractivity contribution in [1.82, 2.24) is 14.8 Å². The molecule has 1 saturated carbocycles. The smallest absolute Gasteiger partial charge is 0.417 e. The summed E-state index contributed by atoms with van der Waals surface area (Å²) in [6.45, 7) is 2.01. The monoisotopic (exact) mass is 393 g/mol. The van der Waals surface area contributed by atoms with Crippen molar-refractivity contribution in [2.24, 2.45) is 0 Å². The maximum Gasteiger partial charge on any atom is 0.417 e. The second-order valence-corrected chi connectivity index (χ2v) is 6.74. The van der Waals surface area contributed by atoms with E-state index in [1.54, 1.807) is 19.2 Å². The molecule has 150 valence electrons. The summed E-state index contributed by atoms with van der Waals surface area (Å²) in [6.07, 6.45) is 6.44. The van der Waals surface area contributed by atoms with E-state index in [0.29, 0.717) is 5.82 Å². The molecule has 0 aliphatic heterocycles. The first-order chi connectivity index (χ1) is 13.4. The first-order valence-electron chi connectivity index (χ1n) is 9.36. The largest absolute Gasteiger partial charge is 0.463 e. The Balaban J connectivity index is 1.92. The summed E-state index contributed by atoms with van der Waals surface area (Å²) in [5.41, 5.74) is 0.780. The van der Waals surface area contributed by atoms with Crippen LogP contribution in [0.1, 0.15) is 61.8 Å². The van der Waals surface area contributed by atoms with Crippen LogP contribution in [0.2, 0.25) is 0 Å². The molecule has 8 heteroatoms. The molecular formula is C20H22F3N3O2. The number of rotatable bonds is 5. The first-order valence-corrected chi connectivity index (χ1v) is 9.36. The summed E-state index contributed by atoms with van der Waals surface area (Å²) < 4.78 is 44.7. The molecule has 2 aromatic rings. The minimum absolute atomic E-state index is 0.256. The minimum atomic E-state index is -4.43. The van der Waals surface area contributed by atoms with E-state index >= 15 is 0 Å². The van der Waals surface area contributed by atoms with Crippen molar-refractivity contribution in [3.8, 4) is 5.82 Å². The molecule has 3 rings (SSSR count). The second kappa shape index (κ2) is 8.58. The Bertz CT molecular complexity index is 835. The summed E-state index contributed by atoms with van der Waals surface area (Å²) in [7, 11) is 0. The van der Waals surface area contributed by atoms with Crippen molar-refractivity contribution in [1.29, 1.82) is 0 Å². The highest BCUT2D eigenvalue weighted by Crippen LogP contribution is 2.34. The summed E-state index contributed by atoms with van der Waals surface area (Å²) in [5.74, 6) is 0.102. The molecule has 0 amide bonds. The van der Waals surface area contributed by atoms with Crippen molar-refractivity contribution in [2.75, 3.05) is 6.61 Å². The van der Waals surface area contributed by atoms with Crippen LogP contribution in [0, 0.1) is 0 Å². The molecular weight excluding hydrogens is 371 g/mol. The number of pyridine rings is 1. The SMILES string of the molecule is CCOC(=O)/C=C/c1cn(-c2ccc(C(F)(F)F)cn2)nc1C1CCCCC1. The van der Waals surface area contributed by atoms with Gasteiger partial charge < -0.3 is 4.74 Å². The van der Waals surface area contributed by atoms with Crippen LogP contribution in [0.5, 0.6) is 0 Å². The van der Waals surface area contributed by atoms with Gasteiger partial charge in [0.1, 0.15) is 0 Å². The predicted molar refractivity (Wildman–Crippen MR) is 97.9 cm³/mol. The lowest BCUT2D eigenvalue weighted by molar-refractivity contribution is -0.138. The molecule has 1 aliphatic rings. The Labute approximate surface area is 161 Å². The van der Waals surface area contributed by atoms with Crippen molar-refractivity contribution in [2.45, 2.75) is 51.1 Å². The van der Waals surface area contributed by atoms with E-state index in [0.717, 1.165) is 49.2 Å². The van der Waals surface area contributed by atoms with Gasteiger partial charge in [0.2, 0.25) is 0 Å². The Morgan fingerprint density at radius 1 is 1.29 bits per heavy atom. The zero-order valence-corrected chi connectivity index (χ0v) is 15.6. The van der Waals surface area contributed by atoms with Crippen LogP contribution in [-0.4, -0.2) is 27.3 Å². The number of nitrogens with zero attached hydrogens (tertiary/aromatic N) is 3. The lowest BCUT2D eigenvalue weighted by atomic mass is 9.85. The maximum absolute atomic E-state index is 12.8. The van der Waals surface area contributed by atoms with Crippen LogP contribution < -0.4 is 0 Å². The van der Waals surface area contributed by atoms with Gasteiger partial charge in [-0.2, -0.15) is 18.3 Å². The Kier molecular flexibility index (Phi) is 6.16. The van der Waals surface area contributed by atoms with E-state index in [1.165, 1.54) is 23.2 Å². The van der Waals surface area contributed by atoms with Crippen LogP contribution in [0.25, 0.3) is 11.9 Å². The molecule has 0 bridgehead atoms. The van der Waals surface area contributed by atoms with Gasteiger partial charge in [-0.15, -0.1) is 0 Å². The number of carbonyl (C=O) groups is 1. The van der Waals surface area contributed by atoms with Gasteiger partial charge in [0.25, 0.3) is 0 Å².